The molecule has 0 aromatic heterocycles. The zero-order chi connectivity index (χ0) is 17.4. The summed E-state index contributed by atoms with van der Waals surface area (Å²) in [5.41, 5.74) is 7.51. The number of hydrogen-bond acceptors (Lipinski definition) is 6. The maximum absolute atomic E-state index is 11.0. The Hall–Kier alpha value is -1.40. The van der Waals surface area contributed by atoms with Crippen LogP contribution in [0.2, 0.25) is 0 Å². The van der Waals surface area contributed by atoms with Crippen molar-refractivity contribution in [1.29, 1.82) is 0 Å². The van der Waals surface area contributed by atoms with Crippen LogP contribution in [-0.4, -0.2) is 51.8 Å². The van der Waals surface area contributed by atoms with Crippen LogP contribution in [0.3, 0.4) is 0 Å². The molecule has 0 fully saturated rings. The Morgan fingerprint density at radius 1 is 1.18 bits per heavy atom. The van der Waals surface area contributed by atoms with Crippen molar-refractivity contribution in [3.8, 4) is 0 Å². The maximum Gasteiger partial charge on any atom is 0.394 e. The van der Waals surface area contributed by atoms with Crippen LogP contribution in [0.15, 0.2) is 24.3 Å². The van der Waals surface area contributed by atoms with Gasteiger partial charge in [-0.1, -0.05) is 12.1 Å². The van der Waals surface area contributed by atoms with E-state index in [-0.39, 0.29) is 0 Å². The molecule has 0 aliphatic heterocycles. The lowest BCUT2D eigenvalue weighted by Gasteiger charge is -2.24. The summed E-state index contributed by atoms with van der Waals surface area (Å²) in [6, 6.07) is 7.56. The van der Waals surface area contributed by atoms with Crippen LogP contribution in [-0.2, 0) is 20.4 Å². The van der Waals surface area contributed by atoms with Crippen LogP contribution in [0, 0.1) is 0 Å². The SMILES string of the molecule is CCN(CCNS(C)(=O)=O)c1ccccc1N.O=S(=O)(O)O. The van der Waals surface area contributed by atoms with E-state index in [1.54, 1.807) is 0 Å². The summed E-state index contributed by atoms with van der Waals surface area (Å²) in [5, 5.41) is 0. The molecular formula is C11H21N3O6S2. The summed E-state index contributed by atoms with van der Waals surface area (Å²) in [5.74, 6) is 0. The van der Waals surface area contributed by atoms with E-state index in [9.17, 15) is 8.42 Å². The lowest BCUT2D eigenvalue weighted by molar-refractivity contribution is 0.381. The first kappa shape index (κ1) is 20.6. The molecule has 0 saturated heterocycles. The Labute approximate surface area is 130 Å². The molecular weight excluding hydrogens is 334 g/mol. The van der Waals surface area contributed by atoms with Crippen LogP contribution >= 0.6 is 0 Å². The maximum atomic E-state index is 11.0. The highest BCUT2D eigenvalue weighted by Gasteiger charge is 2.08. The number of nitrogen functional groups attached to an aromatic ring is 1. The van der Waals surface area contributed by atoms with Crippen molar-refractivity contribution in [2.24, 2.45) is 0 Å². The molecule has 11 heteroatoms. The van der Waals surface area contributed by atoms with Gasteiger partial charge in [-0.15, -0.1) is 0 Å². The second-order valence-electron chi connectivity index (χ2n) is 4.25. The van der Waals surface area contributed by atoms with Gasteiger partial charge in [0.2, 0.25) is 10.0 Å². The minimum Gasteiger partial charge on any atom is -0.397 e. The third-order valence-electron chi connectivity index (χ3n) is 2.41. The van der Waals surface area contributed by atoms with E-state index in [2.05, 4.69) is 4.72 Å². The third-order valence-corrected chi connectivity index (χ3v) is 3.13. The van der Waals surface area contributed by atoms with E-state index in [4.69, 9.17) is 23.3 Å². The normalized spacial score (nSPS) is 11.5. The van der Waals surface area contributed by atoms with Crippen LogP contribution in [0.1, 0.15) is 6.92 Å². The van der Waals surface area contributed by atoms with Gasteiger partial charge < -0.3 is 10.6 Å². The van der Waals surface area contributed by atoms with Crippen molar-refractivity contribution in [2.75, 3.05) is 36.5 Å². The Balaban J connectivity index is 0.000000763. The summed E-state index contributed by atoms with van der Waals surface area (Å²) in [7, 11) is -7.79. The van der Waals surface area contributed by atoms with Crippen LogP contribution in [0.25, 0.3) is 0 Å². The van der Waals surface area contributed by atoms with Gasteiger partial charge in [-0.3, -0.25) is 9.11 Å². The molecule has 0 saturated carbocycles. The second kappa shape index (κ2) is 8.90. The van der Waals surface area contributed by atoms with Gasteiger partial charge in [0.15, 0.2) is 0 Å². The molecule has 0 unspecified atom stereocenters. The summed E-state index contributed by atoms with van der Waals surface area (Å²) in [6.45, 7) is 3.76. The Kier molecular flexibility index (Phi) is 8.34. The Morgan fingerprint density at radius 3 is 2.09 bits per heavy atom. The first-order valence-electron chi connectivity index (χ1n) is 6.18. The molecule has 0 atom stereocenters. The van der Waals surface area contributed by atoms with Gasteiger partial charge in [-0.2, -0.15) is 8.42 Å². The van der Waals surface area contributed by atoms with E-state index >= 15 is 0 Å². The Bertz CT molecular complexity index is 652. The minimum absolute atomic E-state index is 0.376. The highest BCUT2D eigenvalue weighted by atomic mass is 32.3. The van der Waals surface area contributed by atoms with Gasteiger partial charge in [-0.05, 0) is 19.1 Å². The number of benzene rings is 1. The molecule has 0 heterocycles. The molecule has 0 amide bonds. The molecule has 0 aliphatic rings. The zero-order valence-corrected chi connectivity index (χ0v) is 13.9. The van der Waals surface area contributed by atoms with Crippen LogP contribution in [0.4, 0.5) is 11.4 Å². The van der Waals surface area contributed by atoms with E-state index in [1.165, 1.54) is 0 Å². The number of rotatable bonds is 6. The lowest BCUT2D eigenvalue weighted by atomic mass is 10.2. The van der Waals surface area contributed by atoms with E-state index in [1.807, 2.05) is 36.1 Å². The molecule has 1 aromatic carbocycles. The van der Waals surface area contributed by atoms with Crippen molar-refractivity contribution in [2.45, 2.75) is 6.92 Å². The molecule has 9 nitrogen and oxygen atoms in total. The summed E-state index contributed by atoms with van der Waals surface area (Å²) in [6.07, 6.45) is 1.15. The van der Waals surface area contributed by atoms with Gasteiger partial charge >= 0.3 is 10.4 Å². The largest absolute Gasteiger partial charge is 0.397 e. The molecule has 0 spiro atoms. The van der Waals surface area contributed by atoms with Crippen molar-refractivity contribution < 1.29 is 25.9 Å². The zero-order valence-electron chi connectivity index (χ0n) is 12.3. The highest BCUT2D eigenvalue weighted by molar-refractivity contribution is 7.88. The number of para-hydroxylation sites is 2. The minimum atomic E-state index is -4.67. The number of nitrogens with zero attached hydrogens (tertiary/aromatic N) is 1. The van der Waals surface area contributed by atoms with Crippen molar-refractivity contribution >= 4 is 31.8 Å². The summed E-state index contributed by atoms with van der Waals surface area (Å²) in [4.78, 5) is 2.04. The quantitative estimate of drug-likeness (QED) is 0.411. The van der Waals surface area contributed by atoms with Gasteiger partial charge in [0.1, 0.15) is 0 Å². The fourth-order valence-corrected chi connectivity index (χ4v) is 2.05. The fraction of sp³-hybridized carbons (Fsp3) is 0.455. The fourth-order valence-electron chi connectivity index (χ4n) is 1.59. The molecule has 0 radical (unpaired) electrons. The van der Waals surface area contributed by atoms with Gasteiger partial charge in [0.25, 0.3) is 0 Å². The average molecular weight is 355 g/mol. The van der Waals surface area contributed by atoms with Gasteiger partial charge in [-0.25, -0.2) is 13.1 Å². The molecule has 0 bridgehead atoms. The first-order valence-corrected chi connectivity index (χ1v) is 9.47. The van der Waals surface area contributed by atoms with Crippen LogP contribution in [0.5, 0.6) is 0 Å². The highest BCUT2D eigenvalue weighted by Crippen LogP contribution is 2.21. The van der Waals surface area contributed by atoms with Gasteiger partial charge in [0.05, 0.1) is 17.6 Å². The third kappa shape index (κ3) is 11.3. The molecule has 0 aliphatic carbocycles. The number of anilines is 2. The number of sulfonamides is 1. The van der Waals surface area contributed by atoms with Gasteiger partial charge in [0, 0.05) is 19.6 Å². The van der Waals surface area contributed by atoms with E-state index < -0.39 is 20.4 Å². The molecule has 1 rings (SSSR count). The summed E-state index contributed by atoms with van der Waals surface area (Å²) < 4.78 is 55.9. The number of hydrogen-bond donors (Lipinski definition) is 4. The Morgan fingerprint density at radius 2 is 1.68 bits per heavy atom. The van der Waals surface area contributed by atoms with E-state index in [0.29, 0.717) is 18.8 Å². The summed E-state index contributed by atoms with van der Waals surface area (Å²) >= 11 is 0. The number of nitrogens with one attached hydrogen (secondary N) is 1. The first-order chi connectivity index (χ1) is 9.94. The van der Waals surface area contributed by atoms with Crippen molar-refractivity contribution in [3.05, 3.63) is 24.3 Å². The predicted octanol–water partition coefficient (Wildman–Crippen LogP) is -0.00850. The molecule has 5 N–H and O–H groups in total. The molecule has 1 aromatic rings. The van der Waals surface area contributed by atoms with Crippen LogP contribution < -0.4 is 15.4 Å². The smallest absolute Gasteiger partial charge is 0.394 e. The molecule has 22 heavy (non-hydrogen) atoms. The van der Waals surface area contributed by atoms with Crippen molar-refractivity contribution in [3.63, 3.8) is 0 Å². The molecule has 128 valence electrons. The topological polar surface area (TPSA) is 150 Å². The number of nitrogens with two attached hydrogens (primary N) is 1. The number of likely N-dealkylation sites (N-methyl/N-ethyl adjacent to an activating group) is 1. The van der Waals surface area contributed by atoms with Crippen molar-refractivity contribution in [1.82, 2.24) is 4.72 Å². The average Bonchev–Trinajstić information content (AvgIpc) is 2.32. The standard InChI is InChI=1S/C11H19N3O2S.H2O4S/c1-3-14(9-8-13-17(2,15)16)11-7-5-4-6-10(11)12;1-5(2,3)4/h4-7,13H,3,8-9,12H2,1-2H3;(H2,1,2,3,4). The monoisotopic (exact) mass is 355 g/mol. The second-order valence-corrected chi connectivity index (χ2v) is 6.98. The predicted molar refractivity (Wildman–Crippen MR) is 85.8 cm³/mol. The lowest BCUT2D eigenvalue weighted by Crippen LogP contribution is -2.34. The van der Waals surface area contributed by atoms with E-state index in [0.717, 1.165) is 18.5 Å².